The van der Waals surface area contributed by atoms with Crippen LogP contribution in [0.5, 0.6) is 0 Å². The van der Waals surface area contributed by atoms with Gasteiger partial charge < -0.3 is 5.11 Å². The van der Waals surface area contributed by atoms with E-state index in [-0.39, 0.29) is 5.56 Å². The predicted octanol–water partition coefficient (Wildman–Crippen LogP) is 3.66. The molecule has 0 aliphatic carbocycles. The van der Waals surface area contributed by atoms with Gasteiger partial charge in [-0.2, -0.15) is 0 Å². The summed E-state index contributed by atoms with van der Waals surface area (Å²) in [4.78, 5) is 0. The Morgan fingerprint density at radius 3 is 2.17 bits per heavy atom. The number of hydrogen-bond donors (Lipinski definition) is 1. The van der Waals surface area contributed by atoms with Crippen molar-refractivity contribution in [1.29, 1.82) is 0 Å². The molecule has 0 amide bonds. The number of aryl methyl sites for hydroxylation is 2. The van der Waals surface area contributed by atoms with Crippen molar-refractivity contribution >= 4 is 0 Å². The minimum Gasteiger partial charge on any atom is -0.384 e. The zero-order valence-corrected chi connectivity index (χ0v) is 10.2. The van der Waals surface area contributed by atoms with Crippen LogP contribution in [-0.2, 0) is 0 Å². The van der Waals surface area contributed by atoms with Crippen molar-refractivity contribution in [3.8, 4) is 0 Å². The molecule has 0 spiro atoms. The monoisotopic (exact) mass is 248 g/mol. The smallest absolute Gasteiger partial charge is 0.132 e. The van der Waals surface area contributed by atoms with E-state index in [1.54, 1.807) is 0 Å². The number of benzene rings is 2. The quantitative estimate of drug-likeness (QED) is 0.859. The topological polar surface area (TPSA) is 20.2 Å². The van der Waals surface area contributed by atoms with Gasteiger partial charge in [0.05, 0.1) is 0 Å². The molecule has 1 nitrogen and oxygen atoms in total. The summed E-state index contributed by atoms with van der Waals surface area (Å²) in [5.74, 6) is -1.38. The number of rotatable bonds is 2. The molecule has 1 unspecified atom stereocenters. The van der Waals surface area contributed by atoms with Crippen molar-refractivity contribution < 1.29 is 13.9 Å². The van der Waals surface area contributed by atoms with Crippen LogP contribution in [0.15, 0.2) is 36.4 Å². The summed E-state index contributed by atoms with van der Waals surface area (Å²) in [6, 6.07) is 8.80. The van der Waals surface area contributed by atoms with Gasteiger partial charge in [-0.3, -0.25) is 0 Å². The Morgan fingerprint density at radius 1 is 1.00 bits per heavy atom. The minimum atomic E-state index is -1.08. The molecule has 0 fully saturated rings. The molecule has 18 heavy (non-hydrogen) atoms. The van der Waals surface area contributed by atoms with Gasteiger partial charge in [-0.15, -0.1) is 0 Å². The number of aliphatic hydroxyl groups is 1. The van der Waals surface area contributed by atoms with Gasteiger partial charge in [-0.1, -0.05) is 24.3 Å². The van der Waals surface area contributed by atoms with Crippen LogP contribution in [-0.4, -0.2) is 5.11 Å². The SMILES string of the molecule is Cc1cccc(C)c1C(O)c1ccc(F)cc1F. The van der Waals surface area contributed by atoms with E-state index in [0.29, 0.717) is 5.56 Å². The molecule has 0 aliphatic heterocycles. The first-order chi connectivity index (χ1) is 8.50. The Bertz CT molecular complexity index is 558. The first kappa shape index (κ1) is 12.7. The van der Waals surface area contributed by atoms with Gasteiger partial charge in [0.1, 0.15) is 17.7 Å². The second kappa shape index (κ2) is 4.86. The molecular formula is C15H14F2O. The van der Waals surface area contributed by atoms with E-state index in [1.807, 2.05) is 32.0 Å². The molecular weight excluding hydrogens is 234 g/mol. The summed E-state index contributed by atoms with van der Waals surface area (Å²) >= 11 is 0. The molecule has 0 saturated heterocycles. The third kappa shape index (κ3) is 2.27. The summed E-state index contributed by atoms with van der Waals surface area (Å²) in [7, 11) is 0. The van der Waals surface area contributed by atoms with Crippen molar-refractivity contribution in [3.63, 3.8) is 0 Å². The Hall–Kier alpha value is -1.74. The molecule has 94 valence electrons. The maximum atomic E-state index is 13.6. The fourth-order valence-electron chi connectivity index (χ4n) is 2.14. The fourth-order valence-corrected chi connectivity index (χ4v) is 2.14. The summed E-state index contributed by atoms with van der Waals surface area (Å²) < 4.78 is 26.5. The summed E-state index contributed by atoms with van der Waals surface area (Å²) in [6.45, 7) is 3.71. The van der Waals surface area contributed by atoms with Crippen LogP contribution in [0.2, 0.25) is 0 Å². The Morgan fingerprint density at radius 2 is 1.61 bits per heavy atom. The van der Waals surface area contributed by atoms with E-state index in [0.717, 1.165) is 23.3 Å². The highest BCUT2D eigenvalue weighted by Crippen LogP contribution is 2.29. The molecule has 0 radical (unpaired) electrons. The largest absolute Gasteiger partial charge is 0.384 e. The van der Waals surface area contributed by atoms with Gasteiger partial charge in [0.25, 0.3) is 0 Å². The van der Waals surface area contributed by atoms with E-state index in [4.69, 9.17) is 0 Å². The molecule has 1 N–H and O–H groups in total. The lowest BCUT2D eigenvalue weighted by Crippen LogP contribution is -2.06. The second-order valence-corrected chi connectivity index (χ2v) is 4.37. The van der Waals surface area contributed by atoms with E-state index in [9.17, 15) is 13.9 Å². The zero-order chi connectivity index (χ0) is 13.3. The molecule has 0 heterocycles. The van der Waals surface area contributed by atoms with Gasteiger partial charge in [-0.05, 0) is 36.6 Å². The fraction of sp³-hybridized carbons (Fsp3) is 0.200. The van der Waals surface area contributed by atoms with Crippen LogP contribution in [0.25, 0.3) is 0 Å². The van der Waals surface area contributed by atoms with Crippen LogP contribution in [0.4, 0.5) is 8.78 Å². The van der Waals surface area contributed by atoms with Crippen LogP contribution in [0, 0.1) is 25.5 Å². The zero-order valence-electron chi connectivity index (χ0n) is 10.2. The average molecular weight is 248 g/mol. The van der Waals surface area contributed by atoms with Gasteiger partial charge in [0.15, 0.2) is 0 Å². The van der Waals surface area contributed by atoms with Crippen molar-refractivity contribution in [1.82, 2.24) is 0 Å². The maximum Gasteiger partial charge on any atom is 0.132 e. The molecule has 0 aromatic heterocycles. The Balaban J connectivity index is 2.51. The first-order valence-electron chi connectivity index (χ1n) is 5.70. The van der Waals surface area contributed by atoms with E-state index >= 15 is 0 Å². The Labute approximate surface area is 105 Å². The van der Waals surface area contributed by atoms with Crippen LogP contribution in [0.1, 0.15) is 28.4 Å². The third-order valence-corrected chi connectivity index (χ3v) is 3.07. The summed E-state index contributed by atoms with van der Waals surface area (Å²) in [5.41, 5.74) is 2.52. The highest BCUT2D eigenvalue weighted by molar-refractivity contribution is 5.40. The lowest BCUT2D eigenvalue weighted by Gasteiger charge is -2.17. The maximum absolute atomic E-state index is 13.6. The number of hydrogen-bond acceptors (Lipinski definition) is 1. The molecule has 2 aromatic rings. The molecule has 0 aliphatic rings. The van der Waals surface area contributed by atoms with Crippen molar-refractivity contribution in [2.75, 3.05) is 0 Å². The van der Waals surface area contributed by atoms with Crippen LogP contribution < -0.4 is 0 Å². The van der Waals surface area contributed by atoms with E-state index in [1.165, 1.54) is 6.07 Å². The summed E-state index contributed by atoms with van der Waals surface area (Å²) in [5, 5.41) is 10.3. The second-order valence-electron chi connectivity index (χ2n) is 4.37. The number of aliphatic hydroxyl groups excluding tert-OH is 1. The van der Waals surface area contributed by atoms with Gasteiger partial charge in [-0.25, -0.2) is 8.78 Å². The average Bonchev–Trinajstić information content (AvgIpc) is 2.28. The third-order valence-electron chi connectivity index (χ3n) is 3.07. The standard InChI is InChI=1S/C15H14F2O/c1-9-4-3-5-10(2)14(9)15(18)12-7-6-11(16)8-13(12)17/h3-8,15,18H,1-2H3. The van der Waals surface area contributed by atoms with Gasteiger partial charge >= 0.3 is 0 Å². The van der Waals surface area contributed by atoms with Crippen LogP contribution in [0.3, 0.4) is 0 Å². The highest BCUT2D eigenvalue weighted by Gasteiger charge is 2.18. The molecule has 1 atom stereocenters. The van der Waals surface area contributed by atoms with E-state index < -0.39 is 17.7 Å². The molecule has 0 saturated carbocycles. The molecule has 0 bridgehead atoms. The molecule has 2 aromatic carbocycles. The van der Waals surface area contributed by atoms with Gasteiger partial charge in [0.2, 0.25) is 0 Å². The Kier molecular flexibility index (Phi) is 3.43. The van der Waals surface area contributed by atoms with Crippen molar-refractivity contribution in [3.05, 3.63) is 70.3 Å². The normalized spacial score (nSPS) is 12.5. The van der Waals surface area contributed by atoms with Crippen LogP contribution >= 0.6 is 0 Å². The first-order valence-corrected chi connectivity index (χ1v) is 5.70. The lowest BCUT2D eigenvalue weighted by molar-refractivity contribution is 0.213. The number of halogens is 2. The van der Waals surface area contributed by atoms with E-state index in [2.05, 4.69) is 0 Å². The molecule has 2 rings (SSSR count). The highest BCUT2D eigenvalue weighted by atomic mass is 19.1. The predicted molar refractivity (Wildman–Crippen MR) is 66.3 cm³/mol. The molecule has 3 heteroatoms. The minimum absolute atomic E-state index is 0.0915. The van der Waals surface area contributed by atoms with Crippen molar-refractivity contribution in [2.45, 2.75) is 20.0 Å². The van der Waals surface area contributed by atoms with Crippen molar-refractivity contribution in [2.24, 2.45) is 0 Å². The lowest BCUT2D eigenvalue weighted by atomic mass is 9.93. The summed E-state index contributed by atoms with van der Waals surface area (Å²) in [6.07, 6.45) is -1.08. The van der Waals surface area contributed by atoms with Gasteiger partial charge in [0, 0.05) is 11.6 Å².